The molecule has 124 valence electrons. The lowest BCUT2D eigenvalue weighted by atomic mass is 10.0. The molecule has 3 N–H and O–H groups in total. The fourth-order valence-electron chi connectivity index (χ4n) is 2.66. The number of para-hydroxylation sites is 1. The van der Waals surface area contributed by atoms with Gasteiger partial charge in [0.1, 0.15) is 6.04 Å². The summed E-state index contributed by atoms with van der Waals surface area (Å²) in [7, 11) is 0. The molecule has 0 fully saturated rings. The van der Waals surface area contributed by atoms with Crippen molar-refractivity contribution in [1.82, 2.24) is 10.3 Å². The summed E-state index contributed by atoms with van der Waals surface area (Å²) in [5.41, 5.74) is 2.48. The Kier molecular flexibility index (Phi) is 4.48. The molecule has 0 bridgehead atoms. The van der Waals surface area contributed by atoms with Crippen molar-refractivity contribution in [2.24, 2.45) is 0 Å². The van der Waals surface area contributed by atoms with Gasteiger partial charge in [-0.2, -0.15) is 5.26 Å². The number of amides is 1. The number of aliphatic carboxylic acids is 1. The van der Waals surface area contributed by atoms with Crippen LogP contribution in [0.25, 0.3) is 10.9 Å². The zero-order valence-electron chi connectivity index (χ0n) is 13.2. The number of carboxylic acid groups (broad SMARTS) is 1. The molecule has 0 aliphatic heterocycles. The number of hydrogen-bond donors (Lipinski definition) is 3. The van der Waals surface area contributed by atoms with Gasteiger partial charge in [-0.15, -0.1) is 0 Å². The van der Waals surface area contributed by atoms with Crippen LogP contribution in [-0.4, -0.2) is 28.0 Å². The summed E-state index contributed by atoms with van der Waals surface area (Å²) in [5, 5.41) is 21.7. The predicted octanol–water partition coefficient (Wildman–Crippen LogP) is 2.47. The quantitative estimate of drug-likeness (QED) is 0.667. The summed E-state index contributed by atoms with van der Waals surface area (Å²) in [6.45, 7) is 0. The smallest absolute Gasteiger partial charge is 0.326 e. The van der Waals surface area contributed by atoms with Gasteiger partial charge in [-0.1, -0.05) is 18.2 Å². The zero-order chi connectivity index (χ0) is 17.8. The molecule has 0 spiro atoms. The van der Waals surface area contributed by atoms with Gasteiger partial charge in [0.05, 0.1) is 11.6 Å². The number of benzene rings is 2. The van der Waals surface area contributed by atoms with Crippen LogP contribution in [-0.2, 0) is 11.2 Å². The highest BCUT2D eigenvalue weighted by atomic mass is 16.4. The third-order valence-electron chi connectivity index (χ3n) is 3.98. The number of aromatic amines is 1. The van der Waals surface area contributed by atoms with Crippen molar-refractivity contribution in [2.45, 2.75) is 12.5 Å². The van der Waals surface area contributed by atoms with Gasteiger partial charge in [0.15, 0.2) is 0 Å². The number of nitrogens with one attached hydrogen (secondary N) is 2. The van der Waals surface area contributed by atoms with E-state index in [2.05, 4.69) is 10.3 Å². The number of carbonyl (C=O) groups is 2. The number of nitriles is 1. The second-order valence-electron chi connectivity index (χ2n) is 5.62. The number of fused-ring (bicyclic) bond motifs is 1. The van der Waals surface area contributed by atoms with Crippen LogP contribution in [0.5, 0.6) is 0 Å². The second kappa shape index (κ2) is 6.89. The lowest BCUT2D eigenvalue weighted by Gasteiger charge is -2.14. The summed E-state index contributed by atoms with van der Waals surface area (Å²) in [6.07, 6.45) is 1.93. The topological polar surface area (TPSA) is 106 Å². The molecule has 1 atom stereocenters. The van der Waals surface area contributed by atoms with Crippen molar-refractivity contribution < 1.29 is 14.7 Å². The molecule has 6 heteroatoms. The van der Waals surface area contributed by atoms with Gasteiger partial charge < -0.3 is 15.4 Å². The lowest BCUT2D eigenvalue weighted by Crippen LogP contribution is -2.42. The normalized spacial score (nSPS) is 11.6. The van der Waals surface area contributed by atoms with Crippen molar-refractivity contribution in [1.29, 1.82) is 5.26 Å². The first-order valence-electron chi connectivity index (χ1n) is 7.67. The Labute approximate surface area is 143 Å². The Morgan fingerprint density at radius 2 is 1.88 bits per heavy atom. The minimum Gasteiger partial charge on any atom is -0.480 e. The van der Waals surface area contributed by atoms with Crippen LogP contribution in [0.15, 0.2) is 54.7 Å². The number of rotatable bonds is 5. The molecule has 3 aromatic rings. The van der Waals surface area contributed by atoms with E-state index < -0.39 is 17.9 Å². The minimum absolute atomic E-state index is 0.168. The van der Waals surface area contributed by atoms with E-state index >= 15 is 0 Å². The summed E-state index contributed by atoms with van der Waals surface area (Å²) in [6, 6.07) is 14.5. The van der Waals surface area contributed by atoms with Crippen LogP contribution in [0.3, 0.4) is 0 Å². The van der Waals surface area contributed by atoms with E-state index in [1.54, 1.807) is 6.20 Å². The molecule has 0 aliphatic carbocycles. The molecule has 2 aromatic carbocycles. The average molecular weight is 333 g/mol. The Hall–Kier alpha value is -3.59. The van der Waals surface area contributed by atoms with Gasteiger partial charge in [-0.3, -0.25) is 4.79 Å². The maximum atomic E-state index is 12.3. The van der Waals surface area contributed by atoms with E-state index in [9.17, 15) is 14.7 Å². The number of aromatic nitrogens is 1. The monoisotopic (exact) mass is 333 g/mol. The largest absolute Gasteiger partial charge is 0.480 e. The van der Waals surface area contributed by atoms with Crippen LogP contribution in [0.2, 0.25) is 0 Å². The third kappa shape index (κ3) is 3.51. The molecule has 0 saturated heterocycles. The summed E-state index contributed by atoms with van der Waals surface area (Å²) >= 11 is 0. The number of carboxylic acids is 1. The molecule has 0 aliphatic rings. The SMILES string of the molecule is N#Cc1ccc(C(=O)N[C@H](Cc2c[nH]c3ccccc23)C(=O)O)cc1. The van der Waals surface area contributed by atoms with Crippen molar-refractivity contribution in [2.75, 3.05) is 0 Å². The standard InChI is InChI=1S/C19H15N3O3/c20-10-12-5-7-13(8-6-12)18(23)22-17(19(24)25)9-14-11-21-16-4-2-1-3-15(14)16/h1-8,11,17,21H,9H2,(H,22,23)(H,24,25)/t17-/m1/s1. The van der Waals surface area contributed by atoms with Crippen LogP contribution in [0.4, 0.5) is 0 Å². The molecular formula is C19H15N3O3. The van der Waals surface area contributed by atoms with E-state index in [0.717, 1.165) is 16.5 Å². The average Bonchev–Trinajstić information content (AvgIpc) is 3.04. The molecule has 0 radical (unpaired) electrons. The van der Waals surface area contributed by atoms with Crippen LogP contribution in [0.1, 0.15) is 21.5 Å². The van der Waals surface area contributed by atoms with Gasteiger partial charge in [-0.25, -0.2) is 4.79 Å². The summed E-state index contributed by atoms with van der Waals surface area (Å²) in [5.74, 6) is -1.59. The first-order chi connectivity index (χ1) is 12.1. The molecule has 0 saturated carbocycles. The van der Waals surface area contributed by atoms with Crippen molar-refractivity contribution in [3.63, 3.8) is 0 Å². The van der Waals surface area contributed by atoms with Crippen molar-refractivity contribution in [3.8, 4) is 6.07 Å². The fourth-order valence-corrected chi connectivity index (χ4v) is 2.66. The highest BCUT2D eigenvalue weighted by Crippen LogP contribution is 2.19. The highest BCUT2D eigenvalue weighted by molar-refractivity contribution is 5.97. The van der Waals surface area contributed by atoms with E-state index in [1.807, 2.05) is 30.3 Å². The van der Waals surface area contributed by atoms with Gasteiger partial charge in [0.25, 0.3) is 5.91 Å². The van der Waals surface area contributed by atoms with Crippen LogP contribution < -0.4 is 5.32 Å². The van der Waals surface area contributed by atoms with Gasteiger partial charge in [0, 0.05) is 29.1 Å². The number of H-pyrrole nitrogens is 1. The van der Waals surface area contributed by atoms with Crippen LogP contribution >= 0.6 is 0 Å². The number of hydrogen-bond acceptors (Lipinski definition) is 3. The Balaban J connectivity index is 1.78. The molecule has 1 heterocycles. The second-order valence-corrected chi connectivity index (χ2v) is 5.62. The van der Waals surface area contributed by atoms with Crippen LogP contribution in [0, 0.1) is 11.3 Å². The summed E-state index contributed by atoms with van der Waals surface area (Å²) < 4.78 is 0. The molecular weight excluding hydrogens is 318 g/mol. The van der Waals surface area contributed by atoms with E-state index in [1.165, 1.54) is 24.3 Å². The number of carbonyl (C=O) groups excluding carboxylic acids is 1. The highest BCUT2D eigenvalue weighted by Gasteiger charge is 2.22. The van der Waals surface area contributed by atoms with E-state index in [4.69, 9.17) is 5.26 Å². The maximum absolute atomic E-state index is 12.3. The molecule has 1 amide bonds. The molecule has 6 nitrogen and oxygen atoms in total. The molecule has 1 aromatic heterocycles. The van der Waals surface area contributed by atoms with Gasteiger partial charge in [0.2, 0.25) is 0 Å². The van der Waals surface area contributed by atoms with Crippen molar-refractivity contribution >= 4 is 22.8 Å². The summed E-state index contributed by atoms with van der Waals surface area (Å²) in [4.78, 5) is 26.9. The third-order valence-corrected chi connectivity index (χ3v) is 3.98. The molecule has 25 heavy (non-hydrogen) atoms. The predicted molar refractivity (Wildman–Crippen MR) is 92.0 cm³/mol. The van der Waals surface area contributed by atoms with E-state index in [-0.39, 0.29) is 6.42 Å². The first-order valence-corrected chi connectivity index (χ1v) is 7.67. The zero-order valence-corrected chi connectivity index (χ0v) is 13.2. The maximum Gasteiger partial charge on any atom is 0.326 e. The number of nitrogens with zero attached hydrogens (tertiary/aromatic N) is 1. The van der Waals surface area contributed by atoms with Crippen molar-refractivity contribution in [3.05, 3.63) is 71.4 Å². The first kappa shape index (κ1) is 16.3. The molecule has 3 rings (SSSR count). The lowest BCUT2D eigenvalue weighted by molar-refractivity contribution is -0.139. The Bertz CT molecular complexity index is 967. The van der Waals surface area contributed by atoms with E-state index in [0.29, 0.717) is 11.1 Å². The van der Waals surface area contributed by atoms with Gasteiger partial charge in [-0.05, 0) is 35.9 Å². The molecule has 0 unspecified atom stereocenters. The minimum atomic E-state index is -1.10. The Morgan fingerprint density at radius 1 is 1.16 bits per heavy atom. The van der Waals surface area contributed by atoms with Gasteiger partial charge >= 0.3 is 5.97 Å². The fraction of sp³-hybridized carbons (Fsp3) is 0.105. The Morgan fingerprint density at radius 3 is 2.56 bits per heavy atom.